The number of amides is 4. The molecular weight excluding hydrogens is 768 g/mol. The fraction of sp³-hybridized carbons (Fsp3) is 0.833. The van der Waals surface area contributed by atoms with Crippen LogP contribution in [0.5, 0.6) is 0 Å². The van der Waals surface area contributed by atoms with Crippen molar-refractivity contribution in [3.63, 3.8) is 0 Å². The van der Waals surface area contributed by atoms with Gasteiger partial charge in [0, 0.05) is 44.8 Å². The third-order valence-corrected chi connectivity index (χ3v) is 10.0. The van der Waals surface area contributed by atoms with Crippen LogP contribution in [0.15, 0.2) is 0 Å². The highest BCUT2D eigenvalue weighted by Gasteiger charge is 2.29. The van der Waals surface area contributed by atoms with Crippen LogP contribution in [-0.2, 0) is 52.5 Å². The van der Waals surface area contributed by atoms with Gasteiger partial charge in [0.1, 0.15) is 19.3 Å². The number of rotatable bonds is 39. The lowest BCUT2D eigenvalue weighted by atomic mass is 9.81. The van der Waals surface area contributed by atoms with Gasteiger partial charge in [0.05, 0.1) is 39.6 Å². The first-order chi connectivity index (χ1) is 28.5. The van der Waals surface area contributed by atoms with E-state index < -0.39 is 18.0 Å². The first-order valence-corrected chi connectivity index (χ1v) is 21.8. The largest absolute Gasteiger partial charge is 0.481 e. The average molecular weight is 843 g/mol. The highest BCUT2D eigenvalue weighted by Crippen LogP contribution is 2.29. The Morgan fingerprint density at radius 2 is 1.02 bits per heavy atom. The first kappa shape index (κ1) is 53.3. The lowest BCUT2D eigenvalue weighted by molar-refractivity contribution is -0.143. The summed E-state index contributed by atoms with van der Waals surface area (Å²) >= 11 is 0. The zero-order chi connectivity index (χ0) is 43.4. The fourth-order valence-electron chi connectivity index (χ4n) is 6.61. The highest BCUT2D eigenvalue weighted by molar-refractivity contribution is 5.85. The smallest absolute Gasteiger partial charge is 0.326 e. The van der Waals surface area contributed by atoms with E-state index in [1.54, 1.807) is 0 Å². The van der Waals surface area contributed by atoms with E-state index in [9.17, 15) is 38.7 Å². The van der Waals surface area contributed by atoms with Crippen molar-refractivity contribution in [2.24, 2.45) is 11.8 Å². The molecule has 0 aromatic rings. The molecule has 1 fully saturated rings. The van der Waals surface area contributed by atoms with Crippen LogP contribution in [0.25, 0.3) is 0 Å². The molecule has 0 spiro atoms. The Labute approximate surface area is 350 Å². The average Bonchev–Trinajstić information content (AvgIpc) is 3.20. The molecular formula is C42H74N4O13. The Bertz CT molecular complexity index is 1200. The number of aliphatic carboxylic acids is 2. The minimum Gasteiger partial charge on any atom is -0.481 e. The number of ether oxygens (including phenoxy) is 4. The Morgan fingerprint density at radius 1 is 0.542 bits per heavy atom. The predicted molar refractivity (Wildman–Crippen MR) is 220 cm³/mol. The van der Waals surface area contributed by atoms with E-state index in [-0.39, 0.29) is 100 Å². The molecule has 0 radical (unpaired) electrons. The van der Waals surface area contributed by atoms with Crippen molar-refractivity contribution < 1.29 is 62.7 Å². The van der Waals surface area contributed by atoms with Crippen molar-refractivity contribution in [1.29, 1.82) is 0 Å². The van der Waals surface area contributed by atoms with Crippen molar-refractivity contribution in [2.75, 3.05) is 72.5 Å². The number of hydrogen-bond acceptors (Lipinski definition) is 11. The second kappa shape index (κ2) is 36.2. The van der Waals surface area contributed by atoms with Crippen LogP contribution < -0.4 is 21.3 Å². The lowest BCUT2D eigenvalue weighted by Crippen LogP contribution is -2.45. The number of nitrogens with one attached hydrogen (secondary N) is 4. The summed E-state index contributed by atoms with van der Waals surface area (Å²) in [5, 5.41) is 29.3. The molecule has 1 unspecified atom stereocenters. The molecule has 4 amide bonds. The van der Waals surface area contributed by atoms with Gasteiger partial charge >= 0.3 is 11.9 Å². The molecule has 0 heterocycles. The number of carbonyl (C=O) groups excluding carboxylic acids is 5. The van der Waals surface area contributed by atoms with Crippen LogP contribution in [0.2, 0.25) is 0 Å². The Kier molecular flexibility index (Phi) is 32.7. The number of unbranched alkanes of at least 4 members (excludes halogenated alkanes) is 11. The van der Waals surface area contributed by atoms with Crippen LogP contribution in [-0.4, -0.2) is 130 Å². The monoisotopic (exact) mass is 843 g/mol. The molecule has 6 N–H and O–H groups in total. The van der Waals surface area contributed by atoms with Crippen molar-refractivity contribution >= 4 is 41.4 Å². The summed E-state index contributed by atoms with van der Waals surface area (Å²) < 4.78 is 21.0. The van der Waals surface area contributed by atoms with Crippen LogP contribution in [0.4, 0.5) is 0 Å². The van der Waals surface area contributed by atoms with Gasteiger partial charge in [-0.05, 0) is 57.8 Å². The first-order valence-electron chi connectivity index (χ1n) is 21.8. The topological polar surface area (TPSA) is 245 Å². The molecule has 0 aliphatic heterocycles. The zero-order valence-corrected chi connectivity index (χ0v) is 35.5. The molecule has 0 saturated heterocycles. The zero-order valence-electron chi connectivity index (χ0n) is 35.5. The van der Waals surface area contributed by atoms with Gasteiger partial charge in [0.15, 0.2) is 5.78 Å². The van der Waals surface area contributed by atoms with Crippen molar-refractivity contribution in [3.8, 4) is 0 Å². The van der Waals surface area contributed by atoms with E-state index in [2.05, 4.69) is 21.3 Å². The van der Waals surface area contributed by atoms with Gasteiger partial charge in [-0.3, -0.25) is 28.8 Å². The number of hydrogen-bond donors (Lipinski definition) is 6. The van der Waals surface area contributed by atoms with Gasteiger partial charge in [0.2, 0.25) is 23.6 Å². The van der Waals surface area contributed by atoms with Gasteiger partial charge < -0.3 is 50.4 Å². The van der Waals surface area contributed by atoms with Crippen LogP contribution in [0.3, 0.4) is 0 Å². The minimum atomic E-state index is -1.20. The van der Waals surface area contributed by atoms with Crippen LogP contribution in [0.1, 0.15) is 135 Å². The lowest BCUT2D eigenvalue weighted by Gasteiger charge is -2.28. The molecule has 0 bridgehead atoms. The summed E-state index contributed by atoms with van der Waals surface area (Å²) in [6, 6.07) is -1.18. The maximum Gasteiger partial charge on any atom is 0.326 e. The second-order valence-corrected chi connectivity index (χ2v) is 15.3. The summed E-state index contributed by atoms with van der Waals surface area (Å²) in [6.07, 6.45) is 16.6. The molecule has 1 rings (SSSR count). The second-order valence-electron chi connectivity index (χ2n) is 15.3. The minimum absolute atomic E-state index is 0.0490. The summed E-state index contributed by atoms with van der Waals surface area (Å²) in [5.74, 6) is -2.92. The number of Topliss-reactive ketones (excluding diaryl/α,β-unsaturated/α-hetero) is 1. The van der Waals surface area contributed by atoms with Gasteiger partial charge in [-0.1, -0.05) is 64.2 Å². The maximum absolute atomic E-state index is 12.9. The van der Waals surface area contributed by atoms with Gasteiger partial charge in [0.25, 0.3) is 0 Å². The summed E-state index contributed by atoms with van der Waals surface area (Å²) in [4.78, 5) is 82.5. The molecule has 1 atom stereocenters. The van der Waals surface area contributed by atoms with E-state index >= 15 is 0 Å². The number of carboxylic acid groups (broad SMARTS) is 2. The number of ketones is 1. The van der Waals surface area contributed by atoms with Crippen LogP contribution >= 0.6 is 0 Å². The van der Waals surface area contributed by atoms with E-state index in [1.807, 2.05) is 0 Å². The Balaban J connectivity index is 2.03. The quantitative estimate of drug-likeness (QED) is 0.0485. The molecule has 0 aromatic carbocycles. The number of carboxylic acids is 2. The normalized spacial score (nSPS) is 15.5. The molecule has 17 nitrogen and oxygen atoms in total. The highest BCUT2D eigenvalue weighted by atomic mass is 16.5. The summed E-state index contributed by atoms with van der Waals surface area (Å²) in [5.41, 5.74) is 0. The molecule has 1 aliphatic rings. The van der Waals surface area contributed by atoms with Crippen LogP contribution in [0, 0.1) is 11.8 Å². The van der Waals surface area contributed by atoms with Crippen molar-refractivity contribution in [1.82, 2.24) is 21.3 Å². The maximum atomic E-state index is 12.9. The van der Waals surface area contributed by atoms with Gasteiger partial charge in [-0.15, -0.1) is 0 Å². The van der Waals surface area contributed by atoms with Crippen molar-refractivity contribution in [3.05, 3.63) is 0 Å². The van der Waals surface area contributed by atoms with Crippen molar-refractivity contribution in [2.45, 2.75) is 141 Å². The standard InChI is InChI=1S/C42H74N4O13/c1-33(47)31-58-28-26-57-25-23-44-39(50)32-59-29-27-56-24-22-43-38(49)21-20-36(42(54)55)46-41(53)35-18-16-34(17-19-35)30-45-37(48)14-12-10-8-6-4-2-3-5-7-9-11-13-15-40(51)52/h34-36H,2-32H2,1H3,(H,43,49)(H,44,50)(H,45,48)(H,46,53)(H,51,52)(H,54,55). The Hall–Kier alpha value is -3.67. The predicted octanol–water partition coefficient (Wildman–Crippen LogP) is 3.69. The van der Waals surface area contributed by atoms with Gasteiger partial charge in [-0.25, -0.2) is 4.79 Å². The molecule has 0 aromatic heterocycles. The van der Waals surface area contributed by atoms with E-state index in [0.29, 0.717) is 52.2 Å². The molecule has 340 valence electrons. The SMILES string of the molecule is CC(=O)COCCOCCNC(=O)COCCOCCNC(=O)CCC(NC(=O)C1CCC(CNC(=O)CCCCCCCCCCCCCCC(=O)O)CC1)C(=O)O. The summed E-state index contributed by atoms with van der Waals surface area (Å²) in [7, 11) is 0. The molecule has 59 heavy (non-hydrogen) atoms. The fourth-order valence-corrected chi connectivity index (χ4v) is 6.61. The Morgan fingerprint density at radius 3 is 1.54 bits per heavy atom. The summed E-state index contributed by atoms with van der Waals surface area (Å²) in [6.45, 7) is 3.94. The third-order valence-electron chi connectivity index (χ3n) is 10.0. The molecule has 1 aliphatic carbocycles. The number of carbonyl (C=O) groups is 7. The van der Waals surface area contributed by atoms with E-state index in [1.165, 1.54) is 45.4 Å². The molecule has 17 heteroatoms. The third kappa shape index (κ3) is 32.8. The van der Waals surface area contributed by atoms with Gasteiger partial charge in [-0.2, -0.15) is 0 Å². The van der Waals surface area contributed by atoms with E-state index in [0.717, 1.165) is 51.4 Å². The molecule has 1 saturated carbocycles. The van der Waals surface area contributed by atoms with E-state index in [4.69, 9.17) is 24.1 Å².